The highest BCUT2D eigenvalue weighted by atomic mass is 16.6. The molecule has 1 aliphatic heterocycles. The fourth-order valence-electron chi connectivity index (χ4n) is 7.29. The first kappa shape index (κ1) is 17.7. The van der Waals surface area contributed by atoms with Crippen molar-refractivity contribution in [3.05, 3.63) is 0 Å². The SMILES string of the molecule is CC(C)[C@@]12OC1[C@@]1(O)CC[C@H]3[C@](C)(C(=O)O)CCC[C@]3(C)C1C[C@@H]2O. The summed E-state index contributed by atoms with van der Waals surface area (Å²) in [5.41, 5.74) is -2.56. The Labute approximate surface area is 149 Å². The first-order valence-corrected chi connectivity index (χ1v) is 9.85. The van der Waals surface area contributed by atoms with Crippen molar-refractivity contribution in [2.75, 3.05) is 0 Å². The van der Waals surface area contributed by atoms with E-state index in [9.17, 15) is 20.1 Å². The van der Waals surface area contributed by atoms with E-state index in [1.807, 2.05) is 20.8 Å². The van der Waals surface area contributed by atoms with Gasteiger partial charge in [0.15, 0.2) is 0 Å². The zero-order valence-corrected chi connectivity index (χ0v) is 15.8. The average Bonchev–Trinajstić information content (AvgIpc) is 3.28. The van der Waals surface area contributed by atoms with Gasteiger partial charge < -0.3 is 20.1 Å². The Bertz CT molecular complexity index is 605. The number of aliphatic hydroxyl groups is 2. The molecule has 0 aromatic carbocycles. The van der Waals surface area contributed by atoms with Gasteiger partial charge in [-0.1, -0.05) is 27.2 Å². The molecular weight excluding hydrogens is 320 g/mol. The molecule has 3 saturated carbocycles. The molecule has 0 spiro atoms. The van der Waals surface area contributed by atoms with E-state index in [1.165, 1.54) is 0 Å². The van der Waals surface area contributed by atoms with Crippen LogP contribution < -0.4 is 0 Å². The number of aliphatic hydroxyl groups excluding tert-OH is 1. The minimum absolute atomic E-state index is 0.0361. The van der Waals surface area contributed by atoms with Gasteiger partial charge in [0.1, 0.15) is 11.7 Å². The van der Waals surface area contributed by atoms with Crippen LogP contribution in [0.3, 0.4) is 0 Å². The largest absolute Gasteiger partial charge is 0.481 e. The molecule has 4 aliphatic rings. The number of rotatable bonds is 2. The Balaban J connectivity index is 1.74. The molecular formula is C20H32O5. The van der Waals surface area contributed by atoms with Gasteiger partial charge in [0.25, 0.3) is 0 Å². The summed E-state index contributed by atoms with van der Waals surface area (Å²) in [6.45, 7) is 8.13. The number of carbonyl (C=O) groups is 1. The number of ether oxygens (including phenoxy) is 1. The maximum Gasteiger partial charge on any atom is 0.309 e. The summed E-state index contributed by atoms with van der Waals surface area (Å²) in [4.78, 5) is 12.1. The topological polar surface area (TPSA) is 90.3 Å². The predicted octanol–water partition coefficient (Wildman–Crippen LogP) is 2.58. The van der Waals surface area contributed by atoms with Crippen LogP contribution in [0.15, 0.2) is 0 Å². The predicted molar refractivity (Wildman–Crippen MR) is 91.9 cm³/mol. The Hall–Kier alpha value is -0.650. The van der Waals surface area contributed by atoms with E-state index >= 15 is 0 Å². The number of hydrogen-bond acceptors (Lipinski definition) is 4. The molecule has 4 fully saturated rings. The van der Waals surface area contributed by atoms with Crippen molar-refractivity contribution in [2.24, 2.45) is 28.6 Å². The highest BCUT2D eigenvalue weighted by Crippen LogP contribution is 2.70. The third-order valence-electron chi connectivity index (χ3n) is 8.71. The Morgan fingerprint density at radius 2 is 1.84 bits per heavy atom. The van der Waals surface area contributed by atoms with E-state index in [2.05, 4.69) is 6.92 Å². The summed E-state index contributed by atoms with van der Waals surface area (Å²) in [7, 11) is 0. The molecule has 1 heterocycles. The van der Waals surface area contributed by atoms with Crippen LogP contribution in [0.4, 0.5) is 0 Å². The van der Waals surface area contributed by atoms with Crippen molar-refractivity contribution in [1.82, 2.24) is 0 Å². The van der Waals surface area contributed by atoms with Crippen molar-refractivity contribution in [3.63, 3.8) is 0 Å². The van der Waals surface area contributed by atoms with Crippen LogP contribution in [-0.4, -0.2) is 44.7 Å². The second kappa shape index (κ2) is 4.99. The lowest BCUT2D eigenvalue weighted by atomic mass is 9.42. The van der Waals surface area contributed by atoms with Crippen molar-refractivity contribution in [2.45, 2.75) is 89.6 Å². The number of fused-ring (bicyclic) bond motifs is 5. The fraction of sp³-hybridized carbons (Fsp3) is 0.950. The zero-order valence-electron chi connectivity index (χ0n) is 15.8. The van der Waals surface area contributed by atoms with Gasteiger partial charge in [0, 0.05) is 0 Å². The lowest BCUT2D eigenvalue weighted by Crippen LogP contribution is -2.67. The minimum Gasteiger partial charge on any atom is -0.481 e. The van der Waals surface area contributed by atoms with Gasteiger partial charge in [0.05, 0.1) is 17.1 Å². The lowest BCUT2D eigenvalue weighted by Gasteiger charge is -2.62. The first-order chi connectivity index (χ1) is 11.5. The van der Waals surface area contributed by atoms with E-state index in [0.29, 0.717) is 19.3 Å². The van der Waals surface area contributed by atoms with Crippen LogP contribution in [0.1, 0.15) is 66.2 Å². The highest BCUT2D eigenvalue weighted by molar-refractivity contribution is 5.75. The molecule has 8 atom stereocenters. The molecule has 0 radical (unpaired) electrons. The summed E-state index contributed by atoms with van der Waals surface area (Å²) in [5, 5.41) is 32.4. The van der Waals surface area contributed by atoms with Crippen LogP contribution in [0.5, 0.6) is 0 Å². The van der Waals surface area contributed by atoms with Crippen molar-refractivity contribution >= 4 is 5.97 Å². The van der Waals surface area contributed by atoms with Crippen molar-refractivity contribution in [1.29, 1.82) is 0 Å². The van der Waals surface area contributed by atoms with E-state index < -0.39 is 28.7 Å². The molecule has 4 rings (SSSR count). The van der Waals surface area contributed by atoms with E-state index in [0.717, 1.165) is 19.3 Å². The second-order valence-electron chi connectivity index (χ2n) is 9.97. The molecule has 1 saturated heterocycles. The minimum atomic E-state index is -0.939. The number of aliphatic carboxylic acids is 1. The zero-order chi connectivity index (χ0) is 18.4. The summed E-state index contributed by atoms with van der Waals surface area (Å²) in [6, 6.07) is 0. The third kappa shape index (κ3) is 1.93. The third-order valence-corrected chi connectivity index (χ3v) is 8.71. The summed E-state index contributed by atoms with van der Waals surface area (Å²) in [5.74, 6) is -0.635. The van der Waals surface area contributed by atoms with Gasteiger partial charge in [-0.25, -0.2) is 0 Å². The van der Waals surface area contributed by atoms with E-state index in [-0.39, 0.29) is 29.3 Å². The Morgan fingerprint density at radius 1 is 1.16 bits per heavy atom. The van der Waals surface area contributed by atoms with Gasteiger partial charge in [-0.2, -0.15) is 0 Å². The van der Waals surface area contributed by atoms with Crippen molar-refractivity contribution in [3.8, 4) is 0 Å². The second-order valence-corrected chi connectivity index (χ2v) is 9.97. The smallest absolute Gasteiger partial charge is 0.309 e. The van der Waals surface area contributed by atoms with Gasteiger partial charge in [-0.3, -0.25) is 4.79 Å². The van der Waals surface area contributed by atoms with Gasteiger partial charge in [-0.15, -0.1) is 0 Å². The summed E-state index contributed by atoms with van der Waals surface area (Å²) < 4.78 is 6.02. The van der Waals surface area contributed by atoms with Crippen LogP contribution in [0, 0.1) is 28.6 Å². The maximum absolute atomic E-state index is 12.1. The van der Waals surface area contributed by atoms with E-state index in [1.54, 1.807) is 0 Å². The fourth-order valence-corrected chi connectivity index (χ4v) is 7.29. The Morgan fingerprint density at radius 3 is 2.44 bits per heavy atom. The number of carboxylic acid groups (broad SMARTS) is 1. The maximum atomic E-state index is 12.1. The first-order valence-electron chi connectivity index (χ1n) is 9.85. The van der Waals surface area contributed by atoms with Gasteiger partial charge in [-0.05, 0) is 62.2 Å². The molecule has 25 heavy (non-hydrogen) atoms. The normalized spacial score (nSPS) is 57.4. The molecule has 3 N–H and O–H groups in total. The van der Waals surface area contributed by atoms with Gasteiger partial charge in [0.2, 0.25) is 0 Å². The number of carboxylic acids is 1. The van der Waals surface area contributed by atoms with Crippen LogP contribution in [0.25, 0.3) is 0 Å². The van der Waals surface area contributed by atoms with E-state index in [4.69, 9.17) is 4.74 Å². The van der Waals surface area contributed by atoms with Crippen LogP contribution in [-0.2, 0) is 9.53 Å². The lowest BCUT2D eigenvalue weighted by molar-refractivity contribution is -0.211. The van der Waals surface area contributed by atoms with Crippen molar-refractivity contribution < 1.29 is 24.9 Å². The quantitative estimate of drug-likeness (QED) is 0.665. The van der Waals surface area contributed by atoms with Crippen LogP contribution >= 0.6 is 0 Å². The molecule has 0 aromatic rings. The average molecular weight is 352 g/mol. The molecule has 142 valence electrons. The molecule has 0 amide bonds. The van der Waals surface area contributed by atoms with Gasteiger partial charge >= 0.3 is 5.97 Å². The number of epoxide rings is 1. The molecule has 0 bridgehead atoms. The summed E-state index contributed by atoms with van der Waals surface area (Å²) >= 11 is 0. The number of hydrogen-bond donors (Lipinski definition) is 3. The highest BCUT2D eigenvalue weighted by Gasteiger charge is 2.78. The monoisotopic (exact) mass is 352 g/mol. The van der Waals surface area contributed by atoms with Crippen LogP contribution in [0.2, 0.25) is 0 Å². The molecule has 5 heteroatoms. The molecule has 3 aliphatic carbocycles. The Kier molecular flexibility index (Phi) is 3.54. The molecule has 2 unspecified atom stereocenters. The standard InChI is InChI=1S/C20H32O5/c1-11(2)20-14(21)10-13-17(3)7-5-8-18(4,16(22)23)12(17)6-9-19(13,24)15(20)25-20/h11-15,21,24H,5-10H2,1-4H3,(H,22,23)/t12-,13?,14+,15?,17+,18-,19-,20+/m1/s1. The molecule has 5 nitrogen and oxygen atoms in total. The summed E-state index contributed by atoms with van der Waals surface area (Å²) in [6.07, 6.45) is 3.38. The molecule has 0 aromatic heterocycles.